The third kappa shape index (κ3) is 4.10. The van der Waals surface area contributed by atoms with Gasteiger partial charge in [-0.2, -0.15) is 5.10 Å². The number of rotatable bonds is 4. The van der Waals surface area contributed by atoms with Gasteiger partial charge in [-0.05, 0) is 26.6 Å². The Morgan fingerprint density at radius 2 is 2.13 bits per heavy atom. The van der Waals surface area contributed by atoms with Crippen LogP contribution in [0.4, 0.5) is 0 Å². The Bertz CT molecular complexity index is 524. The zero-order valence-electron chi connectivity index (χ0n) is 14.1. The van der Waals surface area contributed by atoms with E-state index >= 15 is 0 Å². The van der Waals surface area contributed by atoms with Gasteiger partial charge in [0.25, 0.3) is 0 Å². The van der Waals surface area contributed by atoms with E-state index in [1.807, 2.05) is 35.9 Å². The van der Waals surface area contributed by atoms with Gasteiger partial charge in [0.1, 0.15) is 0 Å². The third-order valence-electron chi connectivity index (χ3n) is 4.60. The van der Waals surface area contributed by atoms with Gasteiger partial charge in [-0.1, -0.05) is 0 Å². The quantitative estimate of drug-likeness (QED) is 0.774. The largest absolute Gasteiger partial charge is 0.379 e. The van der Waals surface area contributed by atoms with Gasteiger partial charge in [0.2, 0.25) is 5.91 Å². The lowest BCUT2D eigenvalue weighted by molar-refractivity contribution is -0.135. The number of carbonyl (C=O) groups is 1. The second-order valence-corrected chi connectivity index (χ2v) is 6.66. The summed E-state index contributed by atoms with van der Waals surface area (Å²) in [6.07, 6.45) is 2.78. The number of ether oxygens (including phenoxy) is 1. The van der Waals surface area contributed by atoms with E-state index in [1.54, 1.807) is 0 Å². The molecular weight excluding hydrogens is 294 g/mol. The average Bonchev–Trinajstić information content (AvgIpc) is 2.90. The Morgan fingerprint density at radius 1 is 1.35 bits per heavy atom. The number of hydrogen-bond donors (Lipinski definition) is 0. The van der Waals surface area contributed by atoms with Crippen molar-refractivity contribution in [2.45, 2.75) is 25.6 Å². The van der Waals surface area contributed by atoms with Crippen LogP contribution >= 0.6 is 0 Å². The number of aryl methyl sites for hydroxylation is 1. The SMILES string of the molecule is CN(C)CC(=O)N1Cc2ccnn2CC[C@H]1CN1CCOCC1. The highest BCUT2D eigenvalue weighted by atomic mass is 16.5. The van der Waals surface area contributed by atoms with E-state index in [4.69, 9.17) is 4.74 Å². The summed E-state index contributed by atoms with van der Waals surface area (Å²) in [5, 5.41) is 4.39. The summed E-state index contributed by atoms with van der Waals surface area (Å²) in [6, 6.07) is 2.26. The lowest BCUT2D eigenvalue weighted by Gasteiger charge is -2.36. The fourth-order valence-electron chi connectivity index (χ4n) is 3.35. The average molecular weight is 321 g/mol. The molecule has 128 valence electrons. The Kier molecular flexibility index (Phi) is 5.30. The van der Waals surface area contributed by atoms with Crippen molar-refractivity contribution in [1.82, 2.24) is 24.5 Å². The second kappa shape index (κ2) is 7.42. The molecule has 0 aliphatic carbocycles. The number of morpholine rings is 1. The molecule has 0 N–H and O–H groups in total. The lowest BCUT2D eigenvalue weighted by atomic mass is 10.1. The van der Waals surface area contributed by atoms with E-state index in [9.17, 15) is 4.79 Å². The van der Waals surface area contributed by atoms with E-state index in [0.29, 0.717) is 13.1 Å². The predicted molar refractivity (Wildman–Crippen MR) is 87.0 cm³/mol. The fourth-order valence-corrected chi connectivity index (χ4v) is 3.35. The normalized spacial score (nSPS) is 22.9. The fraction of sp³-hybridized carbons (Fsp3) is 0.750. The van der Waals surface area contributed by atoms with Crippen LogP contribution < -0.4 is 0 Å². The summed E-state index contributed by atoms with van der Waals surface area (Å²) in [4.78, 5) is 19.2. The number of carbonyl (C=O) groups excluding carboxylic acids is 1. The van der Waals surface area contributed by atoms with Crippen molar-refractivity contribution in [3.63, 3.8) is 0 Å². The van der Waals surface area contributed by atoms with Crippen LogP contribution in [0, 0.1) is 0 Å². The first-order valence-electron chi connectivity index (χ1n) is 8.38. The van der Waals surface area contributed by atoms with Gasteiger partial charge in [-0.3, -0.25) is 14.4 Å². The molecule has 3 rings (SSSR count). The number of aromatic nitrogens is 2. The summed E-state index contributed by atoms with van der Waals surface area (Å²) < 4.78 is 7.47. The van der Waals surface area contributed by atoms with Crippen molar-refractivity contribution in [3.8, 4) is 0 Å². The number of fused-ring (bicyclic) bond motifs is 1. The maximum atomic E-state index is 12.8. The van der Waals surface area contributed by atoms with Gasteiger partial charge in [-0.25, -0.2) is 0 Å². The monoisotopic (exact) mass is 321 g/mol. The van der Waals surface area contributed by atoms with Crippen molar-refractivity contribution in [3.05, 3.63) is 18.0 Å². The molecule has 2 aliphatic heterocycles. The summed E-state index contributed by atoms with van der Waals surface area (Å²) >= 11 is 0. The molecule has 0 aromatic carbocycles. The molecule has 1 aromatic rings. The molecule has 1 atom stereocenters. The smallest absolute Gasteiger partial charge is 0.237 e. The van der Waals surface area contributed by atoms with Crippen LogP contribution in [0.1, 0.15) is 12.1 Å². The summed E-state index contributed by atoms with van der Waals surface area (Å²) in [7, 11) is 3.88. The Balaban J connectivity index is 1.73. The lowest BCUT2D eigenvalue weighted by Crippen LogP contribution is -2.50. The first-order chi connectivity index (χ1) is 11.1. The Morgan fingerprint density at radius 3 is 2.87 bits per heavy atom. The summed E-state index contributed by atoms with van der Waals surface area (Å²) in [6.45, 7) is 6.40. The number of nitrogens with zero attached hydrogens (tertiary/aromatic N) is 5. The molecule has 1 saturated heterocycles. The minimum atomic E-state index is 0.197. The topological polar surface area (TPSA) is 53.8 Å². The molecule has 1 amide bonds. The predicted octanol–water partition coefficient (Wildman–Crippen LogP) is -0.122. The van der Waals surface area contributed by atoms with Crippen molar-refractivity contribution in [1.29, 1.82) is 0 Å². The first-order valence-corrected chi connectivity index (χ1v) is 8.38. The van der Waals surface area contributed by atoms with Crippen LogP contribution in [0.25, 0.3) is 0 Å². The van der Waals surface area contributed by atoms with Crippen LogP contribution in [-0.2, 0) is 22.6 Å². The first kappa shape index (κ1) is 16.4. The molecule has 23 heavy (non-hydrogen) atoms. The van der Waals surface area contributed by atoms with Gasteiger partial charge in [0.05, 0.1) is 32.0 Å². The molecular formula is C16H27N5O2. The van der Waals surface area contributed by atoms with Gasteiger partial charge < -0.3 is 14.5 Å². The van der Waals surface area contributed by atoms with Crippen LogP contribution in [0.3, 0.4) is 0 Å². The Hall–Kier alpha value is -1.44. The minimum absolute atomic E-state index is 0.197. The van der Waals surface area contributed by atoms with Crippen LogP contribution in [0.5, 0.6) is 0 Å². The van der Waals surface area contributed by atoms with E-state index in [2.05, 4.69) is 14.9 Å². The van der Waals surface area contributed by atoms with Crippen LogP contribution in [-0.4, -0.2) is 89.9 Å². The van der Waals surface area contributed by atoms with Gasteiger partial charge in [0, 0.05) is 38.4 Å². The molecule has 0 saturated carbocycles. The number of hydrogen-bond acceptors (Lipinski definition) is 5. The molecule has 0 radical (unpaired) electrons. The maximum Gasteiger partial charge on any atom is 0.237 e. The number of amides is 1. The molecule has 0 bridgehead atoms. The van der Waals surface area contributed by atoms with Crippen LogP contribution in [0.15, 0.2) is 12.3 Å². The number of likely N-dealkylation sites (N-methyl/N-ethyl adjacent to an activating group) is 1. The van der Waals surface area contributed by atoms with Crippen LogP contribution in [0.2, 0.25) is 0 Å². The summed E-state index contributed by atoms with van der Waals surface area (Å²) in [5.74, 6) is 0.197. The second-order valence-electron chi connectivity index (χ2n) is 6.66. The zero-order valence-corrected chi connectivity index (χ0v) is 14.1. The molecule has 1 aromatic heterocycles. The van der Waals surface area contributed by atoms with Gasteiger partial charge in [-0.15, -0.1) is 0 Å². The highest BCUT2D eigenvalue weighted by molar-refractivity contribution is 5.78. The van der Waals surface area contributed by atoms with E-state index in [0.717, 1.165) is 51.5 Å². The highest BCUT2D eigenvalue weighted by Crippen LogP contribution is 2.19. The Labute approximate surface area is 137 Å². The van der Waals surface area contributed by atoms with E-state index in [-0.39, 0.29) is 11.9 Å². The van der Waals surface area contributed by atoms with Crippen molar-refractivity contribution >= 4 is 5.91 Å². The molecule has 0 unspecified atom stereocenters. The molecule has 3 heterocycles. The van der Waals surface area contributed by atoms with Crippen molar-refractivity contribution in [2.24, 2.45) is 0 Å². The van der Waals surface area contributed by atoms with E-state index in [1.165, 1.54) is 0 Å². The molecule has 0 spiro atoms. The maximum absolute atomic E-state index is 12.8. The standard InChI is InChI=1S/C16H27N5O2/c1-18(2)13-16(22)20-12-15-3-5-17-21(15)6-4-14(20)11-19-7-9-23-10-8-19/h3,5,14H,4,6-13H2,1-2H3/t14-/m0/s1. The molecule has 1 fully saturated rings. The third-order valence-corrected chi connectivity index (χ3v) is 4.60. The summed E-state index contributed by atoms with van der Waals surface area (Å²) in [5.41, 5.74) is 1.13. The van der Waals surface area contributed by atoms with Gasteiger partial charge >= 0.3 is 0 Å². The zero-order chi connectivity index (χ0) is 16.2. The van der Waals surface area contributed by atoms with Crippen molar-refractivity contribution in [2.75, 3.05) is 53.5 Å². The molecule has 7 heteroatoms. The van der Waals surface area contributed by atoms with Crippen molar-refractivity contribution < 1.29 is 9.53 Å². The van der Waals surface area contributed by atoms with E-state index < -0.39 is 0 Å². The minimum Gasteiger partial charge on any atom is -0.379 e. The molecule has 7 nitrogen and oxygen atoms in total. The molecule has 2 aliphatic rings. The highest BCUT2D eigenvalue weighted by Gasteiger charge is 2.30. The van der Waals surface area contributed by atoms with Gasteiger partial charge in [0.15, 0.2) is 0 Å².